The summed E-state index contributed by atoms with van der Waals surface area (Å²) in [6.07, 6.45) is 9.21. The highest BCUT2D eigenvalue weighted by atomic mass is 16.5. The number of hydrogen-bond acceptors (Lipinski definition) is 3. The predicted octanol–water partition coefficient (Wildman–Crippen LogP) is 2.17. The van der Waals surface area contributed by atoms with Crippen LogP contribution in [0.15, 0.2) is 30.6 Å². The molecule has 0 fully saturated rings. The number of ether oxygens (including phenoxy) is 1. The number of para-hydroxylation sites is 2. The van der Waals surface area contributed by atoms with Crippen LogP contribution in [-0.4, -0.2) is 22.5 Å². The maximum Gasteiger partial charge on any atom is 0.227 e. The largest absolute Gasteiger partial charge is 0.479 e. The minimum absolute atomic E-state index is 0.00277. The number of nitrogens with zero attached hydrogens (tertiary/aromatic N) is 1. The first-order chi connectivity index (χ1) is 10.8. The van der Waals surface area contributed by atoms with E-state index in [0.29, 0.717) is 17.9 Å². The van der Waals surface area contributed by atoms with Gasteiger partial charge in [-0.1, -0.05) is 18.1 Å². The van der Waals surface area contributed by atoms with Crippen LogP contribution in [0.3, 0.4) is 0 Å². The number of carbonyl (C=O) groups excluding carboxylic acids is 1. The fourth-order valence-electron chi connectivity index (χ4n) is 2.67. The van der Waals surface area contributed by atoms with Gasteiger partial charge in [-0.25, -0.2) is 4.98 Å². The van der Waals surface area contributed by atoms with Gasteiger partial charge in [0, 0.05) is 18.0 Å². The third-order valence-electron chi connectivity index (χ3n) is 3.81. The summed E-state index contributed by atoms with van der Waals surface area (Å²) < 4.78 is 5.45. The number of benzene rings is 1. The highest BCUT2D eigenvalue weighted by molar-refractivity contribution is 5.94. The zero-order chi connectivity index (χ0) is 15.4. The Hall–Kier alpha value is -2.74. The molecule has 1 atom stereocenters. The number of anilines is 1. The standard InChI is InChI=1S/C17H17N3O2/c1-2-9-22-16-6-4-3-5-14(16)20-17(21)12-7-8-13-15(10-12)19-11-18-13/h1,3-6,11-12H,7-10H2,(H,18,19)(H,20,21). The van der Waals surface area contributed by atoms with E-state index in [-0.39, 0.29) is 18.4 Å². The SMILES string of the molecule is C#CCOc1ccccc1NC(=O)C1CCc2nc[nH]c2C1. The van der Waals surface area contributed by atoms with Crippen LogP contribution in [-0.2, 0) is 17.6 Å². The Labute approximate surface area is 129 Å². The minimum atomic E-state index is -0.0614. The molecule has 1 aromatic carbocycles. The van der Waals surface area contributed by atoms with Crippen molar-refractivity contribution < 1.29 is 9.53 Å². The second-order valence-corrected chi connectivity index (χ2v) is 5.25. The molecule has 2 aromatic rings. The number of imidazole rings is 1. The Bertz CT molecular complexity index is 715. The second kappa shape index (κ2) is 6.35. The molecule has 1 aromatic heterocycles. The number of nitrogens with one attached hydrogen (secondary N) is 2. The minimum Gasteiger partial charge on any atom is -0.479 e. The van der Waals surface area contributed by atoms with E-state index < -0.39 is 0 Å². The molecule has 2 N–H and O–H groups in total. The molecule has 5 heteroatoms. The molecule has 0 radical (unpaired) electrons. The third-order valence-corrected chi connectivity index (χ3v) is 3.81. The number of amides is 1. The smallest absolute Gasteiger partial charge is 0.227 e. The zero-order valence-electron chi connectivity index (χ0n) is 12.1. The lowest BCUT2D eigenvalue weighted by Crippen LogP contribution is -2.28. The normalized spacial score (nSPS) is 16.4. The van der Waals surface area contributed by atoms with E-state index in [1.807, 2.05) is 18.2 Å². The van der Waals surface area contributed by atoms with Crippen LogP contribution in [0.4, 0.5) is 5.69 Å². The van der Waals surface area contributed by atoms with Crippen LogP contribution in [0.5, 0.6) is 5.75 Å². The van der Waals surface area contributed by atoms with Gasteiger partial charge in [0.05, 0.1) is 17.7 Å². The molecule has 1 aliphatic rings. The fourth-order valence-corrected chi connectivity index (χ4v) is 2.67. The molecule has 112 valence electrons. The molecular formula is C17H17N3O2. The molecule has 0 aliphatic heterocycles. The van der Waals surface area contributed by atoms with Gasteiger partial charge >= 0.3 is 0 Å². The van der Waals surface area contributed by atoms with Gasteiger partial charge in [-0.3, -0.25) is 4.79 Å². The predicted molar refractivity (Wildman–Crippen MR) is 83.5 cm³/mol. The Morgan fingerprint density at radius 3 is 3.23 bits per heavy atom. The Kier molecular flexibility index (Phi) is 4.10. The Balaban J connectivity index is 1.69. The highest BCUT2D eigenvalue weighted by Crippen LogP contribution is 2.27. The maximum atomic E-state index is 12.5. The van der Waals surface area contributed by atoms with E-state index >= 15 is 0 Å². The average molecular weight is 295 g/mol. The van der Waals surface area contributed by atoms with Crippen LogP contribution >= 0.6 is 0 Å². The van der Waals surface area contributed by atoms with E-state index in [1.165, 1.54) is 0 Å². The summed E-state index contributed by atoms with van der Waals surface area (Å²) in [4.78, 5) is 19.8. The number of aromatic nitrogens is 2. The van der Waals surface area contributed by atoms with Crippen molar-refractivity contribution >= 4 is 11.6 Å². The van der Waals surface area contributed by atoms with Crippen molar-refractivity contribution in [2.75, 3.05) is 11.9 Å². The van der Waals surface area contributed by atoms with Gasteiger partial charge in [-0.15, -0.1) is 6.42 Å². The Morgan fingerprint density at radius 1 is 1.50 bits per heavy atom. The van der Waals surface area contributed by atoms with Crippen LogP contribution in [0, 0.1) is 18.3 Å². The molecule has 1 unspecified atom stereocenters. The van der Waals surface area contributed by atoms with Crippen LogP contribution in [0.1, 0.15) is 17.8 Å². The lowest BCUT2D eigenvalue weighted by Gasteiger charge is -2.21. The molecule has 22 heavy (non-hydrogen) atoms. The Morgan fingerprint density at radius 2 is 2.36 bits per heavy atom. The van der Waals surface area contributed by atoms with Gasteiger partial charge in [0.25, 0.3) is 0 Å². The fraction of sp³-hybridized carbons (Fsp3) is 0.294. The van der Waals surface area contributed by atoms with E-state index in [1.54, 1.807) is 12.4 Å². The van der Waals surface area contributed by atoms with Crippen molar-refractivity contribution in [2.45, 2.75) is 19.3 Å². The monoisotopic (exact) mass is 295 g/mol. The quantitative estimate of drug-likeness (QED) is 0.849. The maximum absolute atomic E-state index is 12.5. The molecule has 0 spiro atoms. The second-order valence-electron chi connectivity index (χ2n) is 5.25. The van der Waals surface area contributed by atoms with E-state index in [0.717, 1.165) is 24.2 Å². The number of fused-ring (bicyclic) bond motifs is 1. The summed E-state index contributed by atoms with van der Waals surface area (Å²) in [5.41, 5.74) is 2.78. The molecule has 5 nitrogen and oxygen atoms in total. The molecule has 1 heterocycles. The number of aromatic amines is 1. The van der Waals surface area contributed by atoms with E-state index in [4.69, 9.17) is 11.2 Å². The number of carbonyl (C=O) groups is 1. The van der Waals surface area contributed by atoms with Gasteiger partial charge in [0.15, 0.2) is 0 Å². The first-order valence-corrected chi connectivity index (χ1v) is 7.25. The molecule has 1 aliphatic carbocycles. The van der Waals surface area contributed by atoms with Crippen molar-refractivity contribution in [1.82, 2.24) is 9.97 Å². The number of H-pyrrole nitrogens is 1. The van der Waals surface area contributed by atoms with Gasteiger partial charge in [-0.2, -0.15) is 0 Å². The lowest BCUT2D eigenvalue weighted by atomic mass is 9.89. The topological polar surface area (TPSA) is 67.0 Å². The number of aryl methyl sites for hydroxylation is 1. The van der Waals surface area contributed by atoms with Crippen molar-refractivity contribution in [3.8, 4) is 18.1 Å². The summed E-state index contributed by atoms with van der Waals surface area (Å²) in [5.74, 6) is 2.95. The molecule has 0 saturated carbocycles. The van der Waals surface area contributed by atoms with Gasteiger partial charge in [0.1, 0.15) is 12.4 Å². The van der Waals surface area contributed by atoms with E-state index in [9.17, 15) is 4.79 Å². The summed E-state index contributed by atoms with van der Waals surface area (Å²) in [7, 11) is 0. The molecule has 1 amide bonds. The summed E-state index contributed by atoms with van der Waals surface area (Å²) in [6, 6.07) is 7.31. The molecule has 0 saturated heterocycles. The van der Waals surface area contributed by atoms with Crippen molar-refractivity contribution in [2.24, 2.45) is 5.92 Å². The van der Waals surface area contributed by atoms with Crippen LogP contribution in [0.2, 0.25) is 0 Å². The number of rotatable bonds is 4. The van der Waals surface area contributed by atoms with Crippen molar-refractivity contribution in [1.29, 1.82) is 0 Å². The summed E-state index contributed by atoms with van der Waals surface area (Å²) in [5, 5.41) is 2.95. The molecule has 0 bridgehead atoms. The van der Waals surface area contributed by atoms with Gasteiger partial charge in [0.2, 0.25) is 5.91 Å². The first-order valence-electron chi connectivity index (χ1n) is 7.25. The van der Waals surface area contributed by atoms with Gasteiger partial charge < -0.3 is 15.0 Å². The zero-order valence-corrected chi connectivity index (χ0v) is 12.1. The number of hydrogen-bond donors (Lipinski definition) is 2. The third kappa shape index (κ3) is 2.96. The summed E-state index contributed by atoms with van der Waals surface area (Å²) >= 11 is 0. The lowest BCUT2D eigenvalue weighted by molar-refractivity contribution is -0.120. The van der Waals surface area contributed by atoms with E-state index in [2.05, 4.69) is 21.2 Å². The molecule has 3 rings (SSSR count). The van der Waals surface area contributed by atoms with Gasteiger partial charge in [-0.05, 0) is 25.0 Å². The van der Waals surface area contributed by atoms with Crippen molar-refractivity contribution in [3.63, 3.8) is 0 Å². The van der Waals surface area contributed by atoms with Crippen LogP contribution < -0.4 is 10.1 Å². The van der Waals surface area contributed by atoms with Crippen molar-refractivity contribution in [3.05, 3.63) is 42.0 Å². The highest BCUT2D eigenvalue weighted by Gasteiger charge is 2.26. The first kappa shape index (κ1) is 14.2. The van der Waals surface area contributed by atoms with Crippen LogP contribution in [0.25, 0.3) is 0 Å². The average Bonchev–Trinajstić information content (AvgIpc) is 3.01. The molecular weight excluding hydrogens is 278 g/mol. The summed E-state index contributed by atoms with van der Waals surface area (Å²) in [6.45, 7) is 0.174. The number of terminal acetylenes is 1.